The third kappa shape index (κ3) is 37.6. The summed E-state index contributed by atoms with van der Waals surface area (Å²) in [6.07, 6.45) is 17.5. The van der Waals surface area contributed by atoms with E-state index in [0.717, 1.165) is 56.0 Å². The number of aryl methyl sites for hydroxylation is 3. The summed E-state index contributed by atoms with van der Waals surface area (Å²) in [4.78, 5) is 59.6. The molecule has 0 saturated carbocycles. The Morgan fingerprint density at radius 1 is 0.562 bits per heavy atom. The van der Waals surface area contributed by atoms with Gasteiger partial charge in [-0.05, 0) is 69.0 Å². The zero-order chi connectivity index (χ0) is 49.4. The van der Waals surface area contributed by atoms with Gasteiger partial charge in [-0.1, -0.05) is 117 Å². The van der Waals surface area contributed by atoms with E-state index in [1.165, 1.54) is 6.92 Å². The van der Waals surface area contributed by atoms with E-state index in [-0.39, 0.29) is 115 Å². The van der Waals surface area contributed by atoms with E-state index in [2.05, 4.69) is 62.4 Å². The zero-order valence-electron chi connectivity index (χ0n) is 43.1. The number of hydrogen-bond acceptors (Lipinski definition) is 5. The molecule has 0 amide bonds. The van der Waals surface area contributed by atoms with E-state index in [4.69, 9.17) is 14.7 Å². The molecule has 0 aromatic carbocycles. The third-order valence-corrected chi connectivity index (χ3v) is 6.36. The van der Waals surface area contributed by atoms with E-state index >= 15 is 0 Å². The molecule has 0 saturated heterocycles. The zero-order valence-corrected chi connectivity index (χ0v) is 51.6. The number of nitrogens with one attached hydrogen (secondary N) is 3. The van der Waals surface area contributed by atoms with Gasteiger partial charge in [0.2, 0.25) is 0 Å². The van der Waals surface area contributed by atoms with Gasteiger partial charge in [-0.3, -0.25) is 19.2 Å². The molecule has 6 aromatic heterocycles. The summed E-state index contributed by atoms with van der Waals surface area (Å²) < 4.78 is 5.75. The van der Waals surface area contributed by atoms with Crippen LogP contribution in [0.1, 0.15) is 148 Å². The Hall–Kier alpha value is -2.60. The molecule has 6 rings (SSSR count). The molecule has 0 bridgehead atoms. The number of hydrogen-bond donors (Lipinski definition) is 4. The van der Waals surface area contributed by atoms with Crippen molar-refractivity contribution in [3.63, 3.8) is 0 Å². The van der Waals surface area contributed by atoms with E-state index in [1.54, 1.807) is 18.6 Å². The molecule has 3 radical (unpaired) electrons. The number of H-pyrrole nitrogens is 3. The summed E-state index contributed by atoms with van der Waals surface area (Å²) in [5, 5.41) is 7.42. The van der Waals surface area contributed by atoms with Crippen LogP contribution in [0.3, 0.4) is 0 Å². The Morgan fingerprint density at radius 2 is 0.734 bits per heavy atom. The molecule has 0 fully saturated rings. The van der Waals surface area contributed by atoms with E-state index in [1.807, 2.05) is 157 Å². The number of aldehydes is 1. The number of fused-ring (bicyclic) bond motifs is 3. The monoisotopic (exact) mass is 1120 g/mol. The van der Waals surface area contributed by atoms with Crippen LogP contribution in [0.2, 0.25) is 0 Å². The van der Waals surface area contributed by atoms with Crippen molar-refractivity contribution in [2.24, 2.45) is 0 Å². The summed E-state index contributed by atoms with van der Waals surface area (Å²) in [6.45, 7) is 44.3. The number of allylic oxidation sites excluding steroid dienone is 1. The Kier molecular flexibility index (Phi) is 85.7. The van der Waals surface area contributed by atoms with E-state index in [0.29, 0.717) is 16.6 Å². The smallest absolute Gasteiger partial charge is 0.300 e. The molecule has 0 atom stereocenters. The maximum Gasteiger partial charge on any atom is 0.300 e. The maximum atomic E-state index is 11.2. The number of nitrogens with zero attached hydrogens (tertiary/aromatic N) is 3. The molecule has 0 aliphatic heterocycles. The first-order valence-electron chi connectivity index (χ1n) is 21.8. The van der Waals surface area contributed by atoms with Crippen LogP contribution < -0.4 is 16.7 Å². The number of carboxylic acid groups (broad SMARTS) is 1. The van der Waals surface area contributed by atoms with Gasteiger partial charge in [0.05, 0.1) is 0 Å². The molecule has 0 aliphatic rings. The second kappa shape index (κ2) is 64.7. The minimum Gasteiger partial charge on any atom is -0.481 e. The van der Waals surface area contributed by atoms with Gasteiger partial charge in [-0.15, -0.1) is 19.7 Å². The van der Waals surface area contributed by atoms with Crippen LogP contribution in [0.4, 0.5) is 0 Å². The second-order valence-electron chi connectivity index (χ2n) is 9.63. The fourth-order valence-electron chi connectivity index (χ4n) is 4.14. The van der Waals surface area contributed by atoms with Crippen LogP contribution >= 0.6 is 0 Å². The molecule has 0 unspecified atom stereocenters. The quantitative estimate of drug-likeness (QED) is 0.101. The normalized spacial score (nSPS) is 7.66. The minimum atomic E-state index is -0.833. The van der Waals surface area contributed by atoms with Gasteiger partial charge in [0, 0.05) is 159 Å². The average molecular weight is 1120 g/mol. The first kappa shape index (κ1) is 84.8. The molecular weight excluding hydrogens is 1040 g/mol. The van der Waals surface area contributed by atoms with Crippen molar-refractivity contribution in [3.8, 4) is 0 Å². The Balaban J connectivity index is -0.0000000672. The number of aliphatic carboxylic acids is 1. The van der Waals surface area contributed by atoms with Crippen molar-refractivity contribution in [1.29, 1.82) is 0 Å². The van der Waals surface area contributed by atoms with Crippen molar-refractivity contribution in [3.05, 3.63) is 148 Å². The summed E-state index contributed by atoms with van der Waals surface area (Å²) in [5.41, 5.74) is 5.42. The van der Waals surface area contributed by atoms with Crippen molar-refractivity contribution >= 4 is 28.8 Å². The molecular formula is C49H86N6O6Y3. The number of aromatic nitrogens is 6. The fourth-order valence-corrected chi connectivity index (χ4v) is 4.14. The van der Waals surface area contributed by atoms with Gasteiger partial charge in [-0.2, -0.15) is 0 Å². The van der Waals surface area contributed by atoms with Gasteiger partial charge in [0.25, 0.3) is 22.6 Å². The van der Waals surface area contributed by atoms with Gasteiger partial charge in [-0.25, -0.2) is 0 Å². The molecule has 15 heteroatoms. The number of carbonyl (C=O) groups excluding carboxylic acids is 1. The average Bonchev–Trinajstić information content (AvgIpc) is 4.14. The molecule has 12 nitrogen and oxygen atoms in total. The van der Waals surface area contributed by atoms with Crippen LogP contribution in [-0.4, -0.2) is 45.5 Å². The summed E-state index contributed by atoms with van der Waals surface area (Å²) in [6, 6.07) is 11.1. The van der Waals surface area contributed by atoms with Crippen molar-refractivity contribution in [2.75, 3.05) is 0 Å². The maximum absolute atomic E-state index is 11.2. The number of rotatable bonds is 4. The number of aromatic amines is 3. The molecule has 64 heavy (non-hydrogen) atoms. The van der Waals surface area contributed by atoms with Crippen molar-refractivity contribution in [2.45, 2.75) is 150 Å². The number of carbonyl (C=O) groups is 2. The van der Waals surface area contributed by atoms with Crippen LogP contribution in [-0.2, 0) is 127 Å². The molecule has 0 spiro atoms. The van der Waals surface area contributed by atoms with Crippen LogP contribution in [0.15, 0.2) is 114 Å². The third-order valence-electron chi connectivity index (χ3n) is 6.36. The Bertz CT molecular complexity index is 1830. The minimum absolute atomic E-state index is 0. The second-order valence-corrected chi connectivity index (χ2v) is 9.63. The summed E-state index contributed by atoms with van der Waals surface area (Å²) in [7, 11) is 0. The predicted molar refractivity (Wildman–Crippen MR) is 267 cm³/mol. The fraction of sp³-hybridized carbons (Fsp3) is 0.449. The van der Waals surface area contributed by atoms with Crippen molar-refractivity contribution in [1.82, 2.24) is 28.2 Å². The Morgan fingerprint density at radius 3 is 0.875 bits per heavy atom. The molecule has 6 heterocycles. The number of carboxylic acids is 1. The topological polar surface area (TPSA) is 166 Å². The molecule has 4 N–H and O–H groups in total. The first-order valence-corrected chi connectivity index (χ1v) is 21.8. The van der Waals surface area contributed by atoms with Gasteiger partial charge >= 0.3 is 0 Å². The molecule has 357 valence electrons. The standard InChI is InChI=1S/3C9H10N2O.C4H8.C2H4O2.C2H4O.6C2H6.C2H4.3Y/c3*1-2-7-6-10-9(12)8-4-3-5-11(7)8;1-3-4-2;1-2(3)4;1-2-3;7*1-2;;;/h3*3-6H,2H2,1H3,(H,10,12);3H,1,4H2,2H3;1H3,(H,3,4);2H,1H3;6*1-2H3;1-2H2;;;. The summed E-state index contributed by atoms with van der Waals surface area (Å²) >= 11 is 0. The SMILES string of the molecule is C=C.C=CCC.CC.CC.CC.CC.CC.CC.CC(=O)O.CC=O.CCc1c[nH]c(=O)c2cccn12.CCc1c[nH]c(=O)c2cccn12.CCc1c[nH]c(=O)c2cccn12.[Y].[Y].[Y]. The largest absolute Gasteiger partial charge is 0.481 e. The summed E-state index contributed by atoms with van der Waals surface area (Å²) in [5.74, 6) is -0.833. The van der Waals surface area contributed by atoms with Gasteiger partial charge in [0.1, 0.15) is 22.8 Å². The van der Waals surface area contributed by atoms with E-state index in [9.17, 15) is 14.4 Å². The Labute approximate surface area is 462 Å². The van der Waals surface area contributed by atoms with Gasteiger partial charge in [0.15, 0.2) is 0 Å². The molecule has 6 aromatic rings. The molecule has 0 aliphatic carbocycles. The van der Waals surface area contributed by atoms with E-state index < -0.39 is 5.97 Å². The van der Waals surface area contributed by atoms with Crippen molar-refractivity contribution < 1.29 is 113 Å². The van der Waals surface area contributed by atoms with Crippen LogP contribution in [0.5, 0.6) is 0 Å². The van der Waals surface area contributed by atoms with Crippen LogP contribution in [0.25, 0.3) is 16.6 Å². The van der Waals surface area contributed by atoms with Crippen LogP contribution in [0, 0.1) is 0 Å². The first-order chi connectivity index (χ1) is 29.5. The predicted octanol–water partition coefficient (Wildman–Crippen LogP) is 12.4. The van der Waals surface area contributed by atoms with Gasteiger partial charge < -0.3 is 38.1 Å².